The molecule has 4 aromatic rings. The van der Waals surface area contributed by atoms with E-state index < -0.39 is 108 Å². The zero-order valence-corrected chi connectivity index (χ0v) is 43.5. The van der Waals surface area contributed by atoms with E-state index in [4.69, 9.17) is 9.47 Å². The van der Waals surface area contributed by atoms with E-state index in [-0.39, 0.29) is 17.7 Å². The molecule has 5 heterocycles. The molecule has 2 aromatic carbocycles. The summed E-state index contributed by atoms with van der Waals surface area (Å²) in [5.74, 6) is -4.17. The summed E-state index contributed by atoms with van der Waals surface area (Å²) in [5.41, 5.74) is -0.609. The van der Waals surface area contributed by atoms with Gasteiger partial charge in [0.2, 0.25) is 11.9 Å². The van der Waals surface area contributed by atoms with Gasteiger partial charge in [-0.3, -0.25) is 24.6 Å². The molecule has 420 valence electrons. The first-order valence-electron chi connectivity index (χ1n) is 24.9. The molecule has 3 aliphatic heterocycles. The first-order valence-corrected chi connectivity index (χ1v) is 24.9. The fourth-order valence-corrected chi connectivity index (χ4v) is 9.70. The number of alkyl halides is 5. The molecule has 4 amide bonds. The van der Waals surface area contributed by atoms with Crippen molar-refractivity contribution in [1.82, 2.24) is 51.0 Å². The second kappa shape index (κ2) is 23.9. The van der Waals surface area contributed by atoms with Gasteiger partial charge >= 0.3 is 18.4 Å². The van der Waals surface area contributed by atoms with Gasteiger partial charge < -0.3 is 40.2 Å². The van der Waals surface area contributed by atoms with E-state index in [1.807, 2.05) is 5.32 Å². The normalized spacial score (nSPS) is 18.8. The summed E-state index contributed by atoms with van der Waals surface area (Å²) in [6, 6.07) is 5.61. The smallest absolute Gasteiger partial charge is 0.407 e. The number of nitrogens with one attached hydrogen (secondary N) is 4. The average molecular weight is 1090 g/mol. The number of aliphatic hydroxyl groups is 1. The third-order valence-electron chi connectivity index (χ3n) is 14.2. The Hall–Kier alpha value is -6.64. The number of ether oxygens (including phenoxy) is 3. The highest BCUT2D eigenvalue weighted by Crippen LogP contribution is 2.41. The van der Waals surface area contributed by atoms with Gasteiger partial charge in [0.15, 0.2) is 0 Å². The van der Waals surface area contributed by atoms with E-state index in [1.54, 1.807) is 57.4 Å². The lowest BCUT2D eigenvalue weighted by Gasteiger charge is -2.47. The van der Waals surface area contributed by atoms with Gasteiger partial charge in [-0.15, -0.1) is 0 Å². The fourth-order valence-electron chi connectivity index (χ4n) is 9.70. The topological polar surface area (TPSA) is 218 Å². The van der Waals surface area contributed by atoms with E-state index in [9.17, 15) is 46.2 Å². The number of piperazine rings is 1. The number of benzene rings is 2. The predicted molar refractivity (Wildman–Crippen MR) is 265 cm³/mol. The zero-order chi connectivity index (χ0) is 56.1. The average Bonchev–Trinajstić information content (AvgIpc) is 3.93. The molecule has 7 rings (SSSR count). The number of carbonyl (C=O) groups excluding carboxylic acids is 4. The van der Waals surface area contributed by atoms with Gasteiger partial charge in [0.25, 0.3) is 12.3 Å². The van der Waals surface area contributed by atoms with Crippen LogP contribution >= 0.6 is 0 Å². The Balaban J connectivity index is 1.18. The van der Waals surface area contributed by atoms with E-state index in [1.165, 1.54) is 12.3 Å². The highest BCUT2D eigenvalue weighted by Gasteiger charge is 2.56. The number of carbonyl (C=O) groups is 4. The van der Waals surface area contributed by atoms with E-state index in [0.29, 0.717) is 54.6 Å². The number of nitrogens with zero attached hydrogens (tertiary/aromatic N) is 7. The maximum Gasteiger partial charge on any atom is 0.407 e. The largest absolute Gasteiger partial charge is 0.453 e. The molecule has 77 heavy (non-hydrogen) atoms. The highest BCUT2D eigenvalue weighted by molar-refractivity contribution is 5.87. The summed E-state index contributed by atoms with van der Waals surface area (Å²) in [6.45, 7) is 6.75. The van der Waals surface area contributed by atoms with Crippen molar-refractivity contribution in [2.45, 2.75) is 122 Å². The van der Waals surface area contributed by atoms with E-state index in [2.05, 4.69) is 45.7 Å². The second-order valence-corrected chi connectivity index (χ2v) is 21.1. The Bertz CT molecular complexity index is 2670. The van der Waals surface area contributed by atoms with Gasteiger partial charge in [-0.25, -0.2) is 42.1 Å². The molecule has 0 saturated carbocycles. The number of amides is 4. The van der Waals surface area contributed by atoms with Crippen molar-refractivity contribution in [3.63, 3.8) is 0 Å². The lowest BCUT2D eigenvalue weighted by Crippen LogP contribution is -2.63. The van der Waals surface area contributed by atoms with Gasteiger partial charge in [0, 0.05) is 73.5 Å². The number of methoxy groups -OCH3 is 2. The Labute approximate surface area is 440 Å². The van der Waals surface area contributed by atoms with Gasteiger partial charge in [0.1, 0.15) is 30.3 Å². The number of hydrogen-bond donors (Lipinski definition) is 5. The summed E-state index contributed by atoms with van der Waals surface area (Å²) in [7, 11) is 1.94. The molecule has 5 N–H and O–H groups in total. The van der Waals surface area contributed by atoms with Crippen LogP contribution in [0.15, 0.2) is 61.1 Å². The Morgan fingerprint density at radius 3 is 1.91 bits per heavy atom. The summed E-state index contributed by atoms with van der Waals surface area (Å²) in [4.78, 5) is 67.2. The van der Waals surface area contributed by atoms with Crippen molar-refractivity contribution in [3.8, 4) is 22.4 Å². The van der Waals surface area contributed by atoms with Crippen molar-refractivity contribution >= 4 is 29.9 Å². The fraction of sp³-hybridized carbons (Fsp3) is 0.549. The Kier molecular flexibility index (Phi) is 18.0. The molecule has 26 heteroatoms. The highest BCUT2D eigenvalue weighted by atomic mass is 19.4. The number of halogens is 7. The molecule has 0 radical (unpaired) electrons. The number of rotatable bonds is 20. The SMILES string of the molecule is COC(=O)NC(C(=O)N[C@@H](Cc1ccc(-c2cnc(N3CC4CCC(C3)N4C3COC3)nc2)cc1)[C@@H](O)CN(Cc1c(F)cc(-c2ccn(CC(F)F)n2)cc1F)NC(=O)[C@@H](NC(=O)OC)C(C)(C)C)C(C)(C)C(F)(F)F. The molecule has 19 nitrogen and oxygen atoms in total. The Morgan fingerprint density at radius 2 is 1.39 bits per heavy atom. The number of fused-ring (bicyclic) bond motifs is 2. The van der Waals surface area contributed by atoms with Crippen LogP contribution in [0.4, 0.5) is 46.3 Å². The first-order chi connectivity index (χ1) is 36.3. The van der Waals surface area contributed by atoms with Gasteiger partial charge in [-0.2, -0.15) is 18.3 Å². The van der Waals surface area contributed by atoms with Crippen molar-refractivity contribution in [3.05, 3.63) is 83.8 Å². The molecule has 3 fully saturated rings. The summed E-state index contributed by atoms with van der Waals surface area (Å²) < 4.78 is 118. The third kappa shape index (κ3) is 13.9. The molecular formula is C51H64F7N11O8. The number of hydrogen-bond acceptors (Lipinski definition) is 14. The lowest BCUT2D eigenvalue weighted by molar-refractivity contribution is -0.220. The third-order valence-corrected chi connectivity index (χ3v) is 14.2. The number of anilines is 1. The van der Waals surface area contributed by atoms with Crippen LogP contribution in [0.5, 0.6) is 0 Å². The molecule has 2 aromatic heterocycles. The quantitative estimate of drug-likeness (QED) is 0.0538. The van der Waals surface area contributed by atoms with E-state index in [0.717, 1.165) is 75.2 Å². The van der Waals surface area contributed by atoms with Gasteiger partial charge in [-0.1, -0.05) is 45.0 Å². The van der Waals surface area contributed by atoms with Gasteiger partial charge in [0.05, 0.1) is 56.7 Å². The van der Waals surface area contributed by atoms with Crippen LogP contribution in [0, 0.1) is 22.5 Å². The standard InChI is InChI=1S/C51H64F7N11O8/c1-49(2,3)42(62-47(73)75-6)45(72)65-68(23-35-36(52)17-30(18-37(35)53)38-14-15-67(64-38)25-41(54)55)24-40(70)39(61-44(71)43(63-48(74)76-7)50(4,5)51(56,57)58)16-28-8-10-29(11-9-28)31-19-59-46(60-20-31)66-21-32-12-13-33(22-66)69(32)34-26-77-27-34/h8-11,14-15,17-20,32-34,39-43,70H,12-13,16,21-27H2,1-7H3,(H,61,71)(H,62,73)(H,63,74)(H,65,72)/t32?,33?,39-,40-,42+,43?/m0/s1. The second-order valence-electron chi connectivity index (χ2n) is 21.1. The number of aromatic nitrogens is 4. The summed E-state index contributed by atoms with van der Waals surface area (Å²) >= 11 is 0. The molecule has 2 bridgehead atoms. The van der Waals surface area contributed by atoms with Crippen molar-refractivity contribution in [2.24, 2.45) is 10.8 Å². The van der Waals surface area contributed by atoms with Crippen molar-refractivity contribution in [1.29, 1.82) is 0 Å². The number of hydrazine groups is 1. The molecule has 3 aliphatic rings. The molecular weight excluding hydrogens is 1030 g/mol. The van der Waals surface area contributed by atoms with Crippen LogP contribution in [-0.4, -0.2) is 161 Å². The van der Waals surface area contributed by atoms with Crippen LogP contribution in [-0.2, 0) is 43.3 Å². The Morgan fingerprint density at radius 1 is 0.805 bits per heavy atom. The minimum atomic E-state index is -5.08. The van der Waals surface area contributed by atoms with Crippen LogP contribution in [0.3, 0.4) is 0 Å². The molecule has 0 spiro atoms. The van der Waals surface area contributed by atoms with Crippen LogP contribution in [0.25, 0.3) is 22.4 Å². The monoisotopic (exact) mass is 1090 g/mol. The van der Waals surface area contributed by atoms with Crippen LogP contribution < -0.4 is 26.3 Å². The van der Waals surface area contributed by atoms with E-state index >= 15 is 8.78 Å². The predicted octanol–water partition coefficient (Wildman–Crippen LogP) is 5.61. The first kappa shape index (κ1) is 58.1. The maximum absolute atomic E-state index is 16.1. The molecule has 3 unspecified atom stereocenters. The van der Waals surface area contributed by atoms with Crippen molar-refractivity contribution < 1.29 is 69.2 Å². The number of alkyl carbamates (subject to hydrolysis) is 2. The molecule has 3 saturated heterocycles. The summed E-state index contributed by atoms with van der Waals surface area (Å²) in [6.07, 6.45) is -5.71. The minimum absolute atomic E-state index is 0.0458. The zero-order valence-electron chi connectivity index (χ0n) is 43.5. The molecule has 0 aliphatic carbocycles. The maximum atomic E-state index is 16.1. The molecule has 6 atom stereocenters. The van der Waals surface area contributed by atoms with Crippen molar-refractivity contribution in [2.75, 3.05) is 52.0 Å². The van der Waals surface area contributed by atoms with Crippen LogP contribution in [0.2, 0.25) is 0 Å². The van der Waals surface area contributed by atoms with Gasteiger partial charge in [-0.05, 0) is 67.9 Å². The van der Waals surface area contributed by atoms with Crippen LogP contribution in [0.1, 0.15) is 58.6 Å². The summed E-state index contributed by atoms with van der Waals surface area (Å²) in [5, 5.41) is 23.8. The lowest BCUT2D eigenvalue weighted by atomic mass is 9.82. The minimum Gasteiger partial charge on any atom is -0.453 e. The number of aliphatic hydroxyl groups excluding tert-OH is 1.